The Kier molecular flexibility index (Phi) is 6.39. The molecule has 1 aliphatic heterocycles. The molecule has 2 saturated carbocycles. The number of nitrogens with two attached hydrogens (primary N) is 1. The summed E-state index contributed by atoms with van der Waals surface area (Å²) in [4.78, 5) is 23.1. The molecule has 3 fully saturated rings. The normalized spacial score (nSPS) is 41.7. The molecule has 7 unspecified atom stereocenters. The third-order valence-corrected chi connectivity index (χ3v) is 7.23. The quantitative estimate of drug-likeness (QED) is 0.596. The van der Waals surface area contributed by atoms with Gasteiger partial charge in [-0.1, -0.05) is 28.8 Å². The van der Waals surface area contributed by atoms with E-state index in [1.807, 2.05) is 0 Å². The predicted octanol–water partition coefficient (Wildman–Crippen LogP) is 2.25. The van der Waals surface area contributed by atoms with Crippen LogP contribution in [0.1, 0.15) is 51.4 Å². The fourth-order valence-electron chi connectivity index (χ4n) is 5.27. The number of amides is 1. The number of alkyl halides is 1. The molecule has 0 aromatic carbocycles. The number of fused-ring (bicyclic) bond motifs is 1. The van der Waals surface area contributed by atoms with Gasteiger partial charge in [-0.05, 0) is 56.3 Å². The molecule has 0 aromatic heterocycles. The minimum atomic E-state index is -0.934. The van der Waals surface area contributed by atoms with Crippen LogP contribution >= 0.6 is 15.9 Å². The van der Waals surface area contributed by atoms with Crippen molar-refractivity contribution < 1.29 is 19.4 Å². The van der Waals surface area contributed by atoms with Crippen molar-refractivity contribution in [1.82, 2.24) is 5.32 Å². The van der Waals surface area contributed by atoms with Crippen LogP contribution in [0.3, 0.4) is 0 Å². The Hall–Kier alpha value is -0.660. The van der Waals surface area contributed by atoms with Crippen LogP contribution < -0.4 is 11.1 Å². The van der Waals surface area contributed by atoms with E-state index in [0.29, 0.717) is 28.6 Å². The van der Waals surface area contributed by atoms with Crippen LogP contribution in [0.4, 0.5) is 0 Å². The van der Waals surface area contributed by atoms with E-state index in [1.165, 1.54) is 0 Å². The topological polar surface area (TPSA) is 102 Å². The Morgan fingerprint density at radius 2 is 1.92 bits per heavy atom. The number of carbonyl (C=O) groups is 2. The highest BCUT2D eigenvalue weighted by Crippen LogP contribution is 2.46. The summed E-state index contributed by atoms with van der Waals surface area (Å²) in [6, 6.07) is 0.375. The molecule has 7 atom stereocenters. The molecule has 7 heteroatoms. The molecule has 0 bridgehead atoms. The highest BCUT2D eigenvalue weighted by atomic mass is 79.9. The van der Waals surface area contributed by atoms with Gasteiger partial charge in [-0.15, -0.1) is 0 Å². The van der Waals surface area contributed by atoms with Crippen molar-refractivity contribution in [1.29, 1.82) is 0 Å². The first-order chi connectivity index (χ1) is 11.9. The fourth-order valence-corrected chi connectivity index (χ4v) is 5.96. The molecule has 6 nitrogen and oxygen atoms in total. The number of carboxylic acid groups (broad SMARTS) is 1. The van der Waals surface area contributed by atoms with Crippen LogP contribution in [0.15, 0.2) is 0 Å². The number of rotatable bonds is 5. The molecule has 3 aliphatic rings. The summed E-state index contributed by atoms with van der Waals surface area (Å²) >= 11 is 3.79. The maximum Gasteiger partial charge on any atom is 0.329 e. The lowest BCUT2D eigenvalue weighted by molar-refractivity contribution is -0.148. The standard InChI is InChI=1S/C18H29BrN2O4/c19-12-4-5-15-14(7-12)13(8-16(21-15)25-9-17(22)23)10-2-1-3-11(6-10)18(20)24/h10-16,21H,1-9H2,(H2,20,24)(H,22,23). The Morgan fingerprint density at radius 1 is 1.12 bits per heavy atom. The number of aliphatic carboxylic acids is 1. The number of hydrogen-bond acceptors (Lipinski definition) is 4. The van der Waals surface area contributed by atoms with Gasteiger partial charge in [0.1, 0.15) is 12.8 Å². The van der Waals surface area contributed by atoms with Gasteiger partial charge in [0, 0.05) is 16.8 Å². The summed E-state index contributed by atoms with van der Waals surface area (Å²) in [6.07, 6.45) is 7.93. The van der Waals surface area contributed by atoms with Crippen molar-refractivity contribution in [2.45, 2.75) is 68.5 Å². The monoisotopic (exact) mass is 416 g/mol. The molecule has 0 spiro atoms. The van der Waals surface area contributed by atoms with Crippen molar-refractivity contribution in [3.63, 3.8) is 0 Å². The van der Waals surface area contributed by atoms with Crippen LogP contribution in [-0.2, 0) is 14.3 Å². The lowest BCUT2D eigenvalue weighted by atomic mass is 9.63. The molecule has 1 amide bonds. The molecular weight excluding hydrogens is 388 g/mol. The molecule has 4 N–H and O–H groups in total. The zero-order chi connectivity index (χ0) is 18.0. The van der Waals surface area contributed by atoms with Gasteiger partial charge < -0.3 is 15.6 Å². The summed E-state index contributed by atoms with van der Waals surface area (Å²) in [5, 5.41) is 12.4. The summed E-state index contributed by atoms with van der Waals surface area (Å²) < 4.78 is 5.60. The first-order valence-corrected chi connectivity index (χ1v) is 10.4. The van der Waals surface area contributed by atoms with Crippen LogP contribution in [0.2, 0.25) is 0 Å². The maximum absolute atomic E-state index is 11.7. The van der Waals surface area contributed by atoms with Crippen LogP contribution in [-0.4, -0.2) is 40.7 Å². The fraction of sp³-hybridized carbons (Fsp3) is 0.889. The third-order valence-electron chi connectivity index (χ3n) is 6.40. The van der Waals surface area contributed by atoms with Crippen LogP contribution in [0.25, 0.3) is 0 Å². The summed E-state index contributed by atoms with van der Waals surface area (Å²) in [5.74, 6) is 0.391. The molecule has 2 aliphatic carbocycles. The van der Waals surface area contributed by atoms with Gasteiger partial charge in [0.2, 0.25) is 5.91 Å². The number of ether oxygens (including phenoxy) is 1. The van der Waals surface area contributed by atoms with E-state index >= 15 is 0 Å². The summed E-state index contributed by atoms with van der Waals surface area (Å²) in [7, 11) is 0. The summed E-state index contributed by atoms with van der Waals surface area (Å²) in [6.45, 7) is -0.266. The number of halogens is 1. The second-order valence-electron chi connectivity index (χ2n) is 7.97. The van der Waals surface area contributed by atoms with Crippen LogP contribution in [0.5, 0.6) is 0 Å². The lowest BCUT2D eigenvalue weighted by Gasteiger charge is -2.50. The predicted molar refractivity (Wildman–Crippen MR) is 97.1 cm³/mol. The van der Waals surface area contributed by atoms with Crippen molar-refractivity contribution in [2.24, 2.45) is 29.4 Å². The number of carboxylic acids is 1. The van der Waals surface area contributed by atoms with Crippen molar-refractivity contribution in [3.05, 3.63) is 0 Å². The van der Waals surface area contributed by atoms with E-state index in [-0.39, 0.29) is 24.7 Å². The van der Waals surface area contributed by atoms with E-state index in [2.05, 4.69) is 21.2 Å². The average molecular weight is 417 g/mol. The lowest BCUT2D eigenvalue weighted by Crippen LogP contribution is -2.56. The average Bonchev–Trinajstić information content (AvgIpc) is 2.59. The van der Waals surface area contributed by atoms with E-state index in [4.69, 9.17) is 15.6 Å². The largest absolute Gasteiger partial charge is 0.480 e. The second kappa shape index (κ2) is 8.35. The summed E-state index contributed by atoms with van der Waals surface area (Å²) in [5.41, 5.74) is 5.57. The zero-order valence-electron chi connectivity index (χ0n) is 14.5. The van der Waals surface area contributed by atoms with E-state index < -0.39 is 5.97 Å². The molecule has 3 rings (SSSR count). The minimum absolute atomic E-state index is 0.00571. The van der Waals surface area contributed by atoms with Gasteiger partial charge in [-0.3, -0.25) is 10.1 Å². The highest BCUT2D eigenvalue weighted by Gasteiger charge is 2.45. The second-order valence-corrected chi connectivity index (χ2v) is 9.26. The SMILES string of the molecule is NC(=O)C1CCCC(C2CC(OCC(=O)O)NC3CCC(Br)CC32)C1. The van der Waals surface area contributed by atoms with Crippen molar-refractivity contribution >= 4 is 27.8 Å². The van der Waals surface area contributed by atoms with E-state index in [0.717, 1.165) is 51.4 Å². The number of hydrogen-bond donors (Lipinski definition) is 3. The van der Waals surface area contributed by atoms with E-state index in [9.17, 15) is 9.59 Å². The number of carbonyl (C=O) groups excluding carboxylic acids is 1. The Balaban J connectivity index is 1.72. The van der Waals surface area contributed by atoms with E-state index in [1.54, 1.807) is 0 Å². The first kappa shape index (κ1) is 19.1. The third kappa shape index (κ3) is 4.74. The molecule has 1 saturated heterocycles. The van der Waals surface area contributed by atoms with Gasteiger partial charge in [0.15, 0.2) is 0 Å². The smallest absolute Gasteiger partial charge is 0.329 e. The molecular formula is C18H29BrN2O4. The maximum atomic E-state index is 11.7. The highest BCUT2D eigenvalue weighted by molar-refractivity contribution is 9.09. The first-order valence-electron chi connectivity index (χ1n) is 9.47. The van der Waals surface area contributed by atoms with Gasteiger partial charge in [-0.2, -0.15) is 0 Å². The molecule has 25 heavy (non-hydrogen) atoms. The molecule has 142 valence electrons. The number of piperidine rings is 1. The van der Waals surface area contributed by atoms with Crippen LogP contribution in [0, 0.1) is 23.7 Å². The zero-order valence-corrected chi connectivity index (χ0v) is 16.1. The molecule has 0 aromatic rings. The Morgan fingerprint density at radius 3 is 2.64 bits per heavy atom. The van der Waals surface area contributed by atoms with Crippen molar-refractivity contribution in [2.75, 3.05) is 6.61 Å². The Labute approximate surface area is 157 Å². The molecule has 1 heterocycles. The van der Waals surface area contributed by atoms with Gasteiger partial charge in [-0.25, -0.2) is 4.79 Å². The number of primary amides is 1. The van der Waals surface area contributed by atoms with Gasteiger partial charge >= 0.3 is 5.97 Å². The number of nitrogens with one attached hydrogen (secondary N) is 1. The van der Waals surface area contributed by atoms with Gasteiger partial charge in [0.05, 0.1) is 0 Å². The molecule has 0 radical (unpaired) electrons. The van der Waals surface area contributed by atoms with Crippen molar-refractivity contribution in [3.8, 4) is 0 Å². The minimum Gasteiger partial charge on any atom is -0.480 e. The van der Waals surface area contributed by atoms with Gasteiger partial charge in [0.25, 0.3) is 0 Å². The Bertz CT molecular complexity index is 503.